The first-order valence-electron chi connectivity index (χ1n) is 25.0. The van der Waals surface area contributed by atoms with Crippen LogP contribution in [0.15, 0.2) is 85.1 Å². The summed E-state index contributed by atoms with van der Waals surface area (Å²) in [6.45, 7) is 7.35. The van der Waals surface area contributed by atoms with E-state index in [9.17, 15) is 61.8 Å². The summed E-state index contributed by atoms with van der Waals surface area (Å²) in [5.41, 5.74) is 7.37. The Hall–Kier alpha value is -8.06. The average Bonchev–Trinajstić information content (AvgIpc) is 3.77. The molecule has 7 amide bonds. The minimum Gasteiger partial charge on any atom is -0.508 e. The summed E-state index contributed by atoms with van der Waals surface area (Å²) >= 11 is 0. The fourth-order valence-corrected chi connectivity index (χ4v) is 8.35. The number of amides is 7. The highest BCUT2D eigenvalue weighted by Crippen LogP contribution is 2.20. The number of hydrogen-bond acceptors (Lipinski definition) is 15. The van der Waals surface area contributed by atoms with E-state index < -0.39 is 119 Å². The molecule has 3 aromatic carbocycles. The van der Waals surface area contributed by atoms with E-state index >= 15 is 0 Å². The molecular weight excluding hydrogens is 1020 g/mol. The van der Waals surface area contributed by atoms with Gasteiger partial charge in [-0.1, -0.05) is 100 Å². The number of aromatic nitrogens is 1. The molecule has 4 rings (SSSR count). The van der Waals surface area contributed by atoms with Crippen LogP contribution in [0.5, 0.6) is 5.75 Å². The van der Waals surface area contributed by atoms with Crippen molar-refractivity contribution in [1.82, 2.24) is 41.6 Å². The molecule has 0 saturated carbocycles. The van der Waals surface area contributed by atoms with Gasteiger partial charge in [0.15, 0.2) is 0 Å². The molecule has 4 aromatic rings. The van der Waals surface area contributed by atoms with Crippen molar-refractivity contribution in [1.29, 1.82) is 0 Å². The predicted molar refractivity (Wildman–Crippen MR) is 280 cm³/mol. The number of ether oxygens (including phenoxy) is 1. The van der Waals surface area contributed by atoms with E-state index in [1.54, 1.807) is 84.6 Å². The Bertz CT molecular complexity index is 2800. The number of H-pyrrole nitrogens is 1. The zero-order chi connectivity index (χ0) is 56.9. The molecule has 12 N–H and O–H groups in total. The van der Waals surface area contributed by atoms with E-state index in [-0.39, 0.29) is 37.9 Å². The molecule has 77 heavy (non-hydrogen) atoms. The van der Waals surface area contributed by atoms with Gasteiger partial charge in [0.2, 0.25) is 35.4 Å². The highest BCUT2D eigenvalue weighted by atomic mass is 32.2. The molecular formula is C52H69N9O15S. The van der Waals surface area contributed by atoms with Gasteiger partial charge in [0.1, 0.15) is 41.6 Å². The molecule has 0 aliphatic carbocycles. The molecule has 0 aliphatic heterocycles. The number of carbonyl (C=O) groups excluding carboxylic acids is 8. The highest BCUT2D eigenvalue weighted by Gasteiger charge is 2.35. The van der Waals surface area contributed by atoms with Crippen molar-refractivity contribution >= 4 is 74.7 Å². The van der Waals surface area contributed by atoms with Gasteiger partial charge in [-0.25, -0.2) is 9.52 Å². The maximum atomic E-state index is 14.4. The predicted octanol–water partition coefficient (Wildman–Crippen LogP) is 1.94. The van der Waals surface area contributed by atoms with Crippen LogP contribution in [0.2, 0.25) is 0 Å². The van der Waals surface area contributed by atoms with E-state index in [1.807, 2.05) is 6.92 Å². The smallest absolute Gasteiger partial charge is 0.508 e. The third kappa shape index (κ3) is 21.2. The Morgan fingerprint density at radius 3 is 1.79 bits per heavy atom. The van der Waals surface area contributed by atoms with E-state index in [4.69, 9.17) is 10.5 Å². The number of unbranched alkanes of at least 4 members (excludes halogenated alkanes) is 2. The van der Waals surface area contributed by atoms with Crippen LogP contribution in [0.3, 0.4) is 0 Å². The molecule has 0 aliphatic rings. The third-order valence-electron chi connectivity index (χ3n) is 11.6. The molecule has 1 heterocycles. The van der Waals surface area contributed by atoms with Crippen LogP contribution in [-0.2, 0) is 76.8 Å². The number of nitrogens with two attached hydrogens (primary N) is 1. The second kappa shape index (κ2) is 29.3. The lowest BCUT2D eigenvalue weighted by Crippen LogP contribution is -2.59. The number of aliphatic carboxylic acids is 1. The molecule has 25 heteroatoms. The van der Waals surface area contributed by atoms with Crippen molar-refractivity contribution in [2.45, 2.75) is 141 Å². The van der Waals surface area contributed by atoms with E-state index in [1.165, 1.54) is 32.9 Å². The zero-order valence-corrected chi connectivity index (χ0v) is 44.3. The molecule has 24 nitrogen and oxygen atoms in total. The van der Waals surface area contributed by atoms with Gasteiger partial charge < -0.3 is 57.6 Å². The van der Waals surface area contributed by atoms with E-state index in [0.717, 1.165) is 0 Å². The second-order valence-corrected chi connectivity index (χ2v) is 20.4. The first-order chi connectivity index (χ1) is 36.4. The Labute approximate surface area is 446 Å². The van der Waals surface area contributed by atoms with Gasteiger partial charge >= 0.3 is 22.4 Å². The van der Waals surface area contributed by atoms with Gasteiger partial charge in [-0.2, -0.15) is 8.42 Å². The molecule has 0 unspecified atom stereocenters. The molecule has 0 fully saturated rings. The fraction of sp³-hybridized carbons (Fsp3) is 0.442. The minimum absolute atomic E-state index is 0.0387. The van der Waals surface area contributed by atoms with Crippen LogP contribution < -0.4 is 42.4 Å². The lowest BCUT2D eigenvalue weighted by molar-refractivity contribution is -0.141. The van der Waals surface area contributed by atoms with Crippen molar-refractivity contribution in [3.63, 3.8) is 0 Å². The fourth-order valence-electron chi connectivity index (χ4n) is 7.71. The SMILES string of the molecule is CCCC[C@H](NC(=O)[C@H](Cc1c[nH]c2ccccc12)NC(=O)CNC(=O)[C@H](CCCC)NC(=O)[C@@H](N)Cc1ccc(O)cc1)C(=O)N[C@@H](CC(=O)O)C(=O)N[C@@H](Cc1ccccc1)C(=O)NS(=O)(=O)OC(=O)OC(C)(C)C. The molecule has 0 radical (unpaired) electrons. The summed E-state index contributed by atoms with van der Waals surface area (Å²) in [5, 5.41) is 35.2. The van der Waals surface area contributed by atoms with Crippen LogP contribution in [-0.4, -0.2) is 125 Å². The summed E-state index contributed by atoms with van der Waals surface area (Å²) in [7, 11) is -5.19. The minimum atomic E-state index is -5.19. The summed E-state index contributed by atoms with van der Waals surface area (Å²) in [5.74, 6) is -8.24. The molecule has 6 atom stereocenters. The Morgan fingerprint density at radius 2 is 1.17 bits per heavy atom. The van der Waals surface area contributed by atoms with Crippen LogP contribution in [0.25, 0.3) is 10.9 Å². The number of para-hydroxylation sites is 1. The number of phenols is 1. The average molecular weight is 1090 g/mol. The van der Waals surface area contributed by atoms with Gasteiger partial charge in [0.05, 0.1) is 19.0 Å². The number of hydrogen-bond donors (Lipinski definition) is 11. The first-order valence-corrected chi connectivity index (χ1v) is 26.4. The summed E-state index contributed by atoms with van der Waals surface area (Å²) in [4.78, 5) is 124. The molecule has 0 saturated heterocycles. The van der Waals surface area contributed by atoms with E-state index in [2.05, 4.69) is 41.1 Å². The maximum Gasteiger partial charge on any atom is 0.526 e. The molecule has 0 bridgehead atoms. The molecule has 0 spiro atoms. The number of benzene rings is 3. The van der Waals surface area contributed by atoms with Crippen molar-refractivity contribution in [2.75, 3.05) is 6.54 Å². The van der Waals surface area contributed by atoms with Crippen LogP contribution >= 0.6 is 0 Å². The number of aromatic amines is 1. The number of aromatic hydroxyl groups is 1. The zero-order valence-electron chi connectivity index (χ0n) is 43.5. The standard InChI is InChI=1S/C52H69N9O15S/c1-6-8-18-38(57-45(66)36(53)25-32-21-23-34(62)24-22-32)46(67)55-30-43(63)56-41(27-33-29-54-37-20-14-13-17-35(33)37)48(69)58-39(19-9-7-2)47(68)60-42(28-44(64)65)49(70)59-40(26-31-15-11-10-12-16-31)50(71)61-77(73,74)76-51(72)75-52(3,4)5/h10-17,20-24,29,36,38-42,54,62H,6-9,18-19,25-28,30,53H2,1-5H3,(H,55,67)(H,56,63)(H,57,66)(H,58,69)(H,59,70)(H,60,68)(H,61,71)(H,64,65)/t36-,38-,39-,40-,41-,42-/m0/s1. The van der Waals surface area contributed by atoms with Crippen molar-refractivity contribution in [3.05, 3.63) is 102 Å². The van der Waals surface area contributed by atoms with Gasteiger partial charge in [0, 0.05) is 29.9 Å². The van der Waals surface area contributed by atoms with Crippen LogP contribution in [0.4, 0.5) is 4.79 Å². The Morgan fingerprint density at radius 1 is 0.636 bits per heavy atom. The first kappa shape index (κ1) is 61.5. The topological polar surface area (TPSA) is 373 Å². The monoisotopic (exact) mass is 1090 g/mol. The normalized spacial score (nSPS) is 13.7. The molecule has 1 aromatic heterocycles. The summed E-state index contributed by atoms with van der Waals surface area (Å²) in [6, 6.07) is 12.5. The summed E-state index contributed by atoms with van der Waals surface area (Å²) in [6.07, 6.45) is 0.740. The van der Waals surface area contributed by atoms with Gasteiger partial charge in [-0.3, -0.25) is 42.5 Å². The number of carboxylic acid groups (broad SMARTS) is 1. The van der Waals surface area contributed by atoms with Crippen LogP contribution in [0.1, 0.15) is 96.3 Å². The second-order valence-electron chi connectivity index (χ2n) is 19.2. The van der Waals surface area contributed by atoms with Crippen molar-refractivity contribution < 1.29 is 70.7 Å². The number of fused-ring (bicyclic) bond motifs is 1. The number of rotatable bonds is 29. The summed E-state index contributed by atoms with van der Waals surface area (Å²) < 4.78 is 36.2. The quantitative estimate of drug-likeness (QED) is 0.0346. The van der Waals surface area contributed by atoms with Gasteiger partial charge in [-0.15, -0.1) is 0 Å². The maximum absolute atomic E-state index is 14.4. The van der Waals surface area contributed by atoms with Crippen molar-refractivity contribution in [3.8, 4) is 5.75 Å². The number of carboxylic acids is 1. The van der Waals surface area contributed by atoms with Gasteiger partial charge in [-0.05, 0) is 74.9 Å². The lowest BCUT2D eigenvalue weighted by Gasteiger charge is -2.26. The Balaban J connectivity index is 1.53. The largest absolute Gasteiger partial charge is 0.526 e. The Kier molecular flexibility index (Phi) is 23.4. The highest BCUT2D eigenvalue weighted by molar-refractivity contribution is 7.85. The molecule has 418 valence electrons. The van der Waals surface area contributed by atoms with Crippen LogP contribution in [0, 0.1) is 0 Å². The third-order valence-corrected chi connectivity index (χ3v) is 12.4. The number of nitrogens with one attached hydrogen (secondary N) is 8. The van der Waals surface area contributed by atoms with E-state index in [0.29, 0.717) is 53.3 Å². The number of phenolic OH excluding ortho intramolecular Hbond substituents is 1. The van der Waals surface area contributed by atoms with Gasteiger partial charge in [0.25, 0.3) is 5.91 Å². The number of carbonyl (C=O) groups is 9. The van der Waals surface area contributed by atoms with Crippen molar-refractivity contribution in [2.24, 2.45) is 5.73 Å². The lowest BCUT2D eigenvalue weighted by atomic mass is 10.0.